The number of halogens is 1. The predicted molar refractivity (Wildman–Crippen MR) is 65.9 cm³/mol. The number of rotatable bonds is 3. The summed E-state index contributed by atoms with van der Waals surface area (Å²) in [7, 11) is 1.49. The summed E-state index contributed by atoms with van der Waals surface area (Å²) in [4.78, 5) is 24.4. The molecule has 0 saturated carbocycles. The maximum Gasteiger partial charge on any atom is 0.326 e. The van der Waals surface area contributed by atoms with Gasteiger partial charge in [-0.15, -0.1) is 11.3 Å². The van der Waals surface area contributed by atoms with E-state index in [9.17, 15) is 9.59 Å². The lowest BCUT2D eigenvalue weighted by atomic mass is 10.2. The maximum absolute atomic E-state index is 11.9. The highest BCUT2D eigenvalue weighted by Crippen LogP contribution is 2.28. The van der Waals surface area contributed by atoms with Crippen LogP contribution in [0.5, 0.6) is 0 Å². The molecule has 0 bridgehead atoms. The largest absolute Gasteiger partial charge is 0.480 e. The second kappa shape index (κ2) is 4.97. The Hall–Kier alpha value is -0.880. The molecule has 0 saturated heterocycles. The molecule has 16 heavy (non-hydrogen) atoms. The average Bonchev–Trinajstić information content (AvgIpc) is 2.55. The Morgan fingerprint density at radius 1 is 1.56 bits per heavy atom. The fourth-order valence-corrected chi connectivity index (χ4v) is 2.60. The number of carbonyl (C=O) groups is 2. The topological polar surface area (TPSA) is 57.6 Å². The molecule has 1 N–H and O–H groups in total. The summed E-state index contributed by atoms with van der Waals surface area (Å²) in [5.41, 5.74) is 0.977. The van der Waals surface area contributed by atoms with E-state index in [4.69, 9.17) is 5.11 Å². The van der Waals surface area contributed by atoms with E-state index in [1.807, 2.05) is 6.92 Å². The van der Waals surface area contributed by atoms with Crippen LogP contribution in [0.4, 0.5) is 0 Å². The Morgan fingerprint density at radius 2 is 2.12 bits per heavy atom. The van der Waals surface area contributed by atoms with Crippen LogP contribution in [-0.2, 0) is 4.79 Å². The number of carbonyl (C=O) groups excluding carboxylic acids is 1. The van der Waals surface area contributed by atoms with Gasteiger partial charge >= 0.3 is 5.97 Å². The Labute approximate surface area is 106 Å². The molecule has 4 nitrogen and oxygen atoms in total. The molecule has 1 aromatic rings. The Morgan fingerprint density at radius 3 is 2.50 bits per heavy atom. The summed E-state index contributed by atoms with van der Waals surface area (Å²) < 4.78 is 0.896. The molecule has 1 heterocycles. The van der Waals surface area contributed by atoms with E-state index in [1.54, 1.807) is 6.07 Å². The zero-order chi connectivity index (χ0) is 12.5. The molecular weight excluding hydrogens is 294 g/mol. The number of carboxylic acid groups (broad SMARTS) is 1. The van der Waals surface area contributed by atoms with E-state index in [2.05, 4.69) is 15.9 Å². The van der Waals surface area contributed by atoms with E-state index in [1.165, 1.54) is 30.2 Å². The SMILES string of the molecule is Cc1cc(C(=O)N(C)C(C)C(=O)O)sc1Br. The van der Waals surface area contributed by atoms with Crippen molar-refractivity contribution >= 4 is 39.1 Å². The summed E-state index contributed by atoms with van der Waals surface area (Å²) in [6.45, 7) is 3.37. The van der Waals surface area contributed by atoms with Crippen LogP contribution < -0.4 is 0 Å². The molecule has 1 aromatic heterocycles. The zero-order valence-electron chi connectivity index (χ0n) is 9.15. The summed E-state index contributed by atoms with van der Waals surface area (Å²) in [5, 5.41) is 8.81. The van der Waals surface area contributed by atoms with Crippen molar-refractivity contribution in [3.8, 4) is 0 Å². The van der Waals surface area contributed by atoms with Crippen LogP contribution in [-0.4, -0.2) is 35.0 Å². The summed E-state index contributed by atoms with van der Waals surface area (Å²) >= 11 is 4.64. The lowest BCUT2D eigenvalue weighted by Crippen LogP contribution is -2.39. The highest BCUT2D eigenvalue weighted by molar-refractivity contribution is 9.11. The lowest BCUT2D eigenvalue weighted by Gasteiger charge is -2.20. The van der Waals surface area contributed by atoms with Crippen LogP contribution in [0.3, 0.4) is 0 Å². The molecule has 1 amide bonds. The number of hydrogen-bond acceptors (Lipinski definition) is 3. The lowest BCUT2D eigenvalue weighted by molar-refractivity contribution is -0.141. The van der Waals surface area contributed by atoms with Gasteiger partial charge in [0.1, 0.15) is 6.04 Å². The van der Waals surface area contributed by atoms with Gasteiger partial charge in [0.2, 0.25) is 0 Å². The summed E-state index contributed by atoms with van der Waals surface area (Å²) in [6.07, 6.45) is 0. The number of carboxylic acids is 1. The molecule has 0 fully saturated rings. The van der Waals surface area contributed by atoms with Crippen LogP contribution in [0, 0.1) is 6.92 Å². The number of likely N-dealkylation sites (N-methyl/N-ethyl adjacent to an activating group) is 1. The number of nitrogens with zero attached hydrogens (tertiary/aromatic N) is 1. The van der Waals surface area contributed by atoms with Crippen LogP contribution in [0.25, 0.3) is 0 Å². The van der Waals surface area contributed by atoms with Gasteiger partial charge in [0, 0.05) is 7.05 Å². The highest BCUT2D eigenvalue weighted by Gasteiger charge is 2.24. The van der Waals surface area contributed by atoms with Crippen molar-refractivity contribution < 1.29 is 14.7 Å². The third kappa shape index (κ3) is 2.62. The van der Waals surface area contributed by atoms with E-state index >= 15 is 0 Å². The average molecular weight is 306 g/mol. The van der Waals surface area contributed by atoms with Crippen molar-refractivity contribution in [2.45, 2.75) is 19.9 Å². The number of thiophene rings is 1. The summed E-state index contributed by atoms with van der Waals surface area (Å²) in [5.74, 6) is -1.28. The Kier molecular flexibility index (Phi) is 4.09. The number of aryl methyl sites for hydroxylation is 1. The first-order chi connectivity index (χ1) is 7.34. The number of aliphatic carboxylic acids is 1. The van der Waals surface area contributed by atoms with Crippen molar-refractivity contribution in [3.63, 3.8) is 0 Å². The van der Waals surface area contributed by atoms with Crippen LogP contribution in [0.2, 0.25) is 0 Å². The second-order valence-corrected chi connectivity index (χ2v) is 5.87. The highest BCUT2D eigenvalue weighted by atomic mass is 79.9. The van der Waals surface area contributed by atoms with Crippen molar-refractivity contribution in [1.29, 1.82) is 0 Å². The minimum Gasteiger partial charge on any atom is -0.480 e. The van der Waals surface area contributed by atoms with E-state index in [0.717, 1.165) is 9.35 Å². The molecule has 0 aliphatic carbocycles. The smallest absolute Gasteiger partial charge is 0.326 e. The number of hydrogen-bond donors (Lipinski definition) is 1. The van der Waals surface area contributed by atoms with Gasteiger partial charge in [-0.05, 0) is 41.4 Å². The first kappa shape index (κ1) is 13.2. The van der Waals surface area contributed by atoms with Crippen LogP contribution >= 0.6 is 27.3 Å². The van der Waals surface area contributed by atoms with E-state index in [-0.39, 0.29) is 5.91 Å². The van der Waals surface area contributed by atoms with Gasteiger partial charge in [-0.3, -0.25) is 4.79 Å². The maximum atomic E-state index is 11.9. The third-order valence-electron chi connectivity index (χ3n) is 2.33. The standard InChI is InChI=1S/C10H12BrNO3S/c1-5-4-7(16-8(5)11)9(13)12(3)6(2)10(14)15/h4,6H,1-3H3,(H,14,15). The van der Waals surface area contributed by atoms with Crippen LogP contribution in [0.1, 0.15) is 22.2 Å². The predicted octanol–water partition coefficient (Wildman–Crippen LogP) is 2.36. The van der Waals surface area contributed by atoms with Crippen molar-refractivity contribution in [2.24, 2.45) is 0 Å². The van der Waals surface area contributed by atoms with Crippen molar-refractivity contribution in [3.05, 3.63) is 20.3 Å². The molecule has 0 aliphatic rings. The normalized spacial score (nSPS) is 12.2. The third-order valence-corrected chi connectivity index (χ3v) is 4.45. The fraction of sp³-hybridized carbons (Fsp3) is 0.400. The van der Waals surface area contributed by atoms with Crippen molar-refractivity contribution in [1.82, 2.24) is 4.90 Å². The zero-order valence-corrected chi connectivity index (χ0v) is 11.6. The molecule has 0 spiro atoms. The minimum absolute atomic E-state index is 0.270. The minimum atomic E-state index is -1.01. The van der Waals surface area contributed by atoms with Crippen molar-refractivity contribution in [2.75, 3.05) is 7.05 Å². The van der Waals surface area contributed by atoms with Gasteiger partial charge < -0.3 is 10.0 Å². The molecule has 6 heteroatoms. The molecule has 1 unspecified atom stereocenters. The van der Waals surface area contributed by atoms with Gasteiger partial charge in [-0.2, -0.15) is 0 Å². The van der Waals surface area contributed by atoms with Gasteiger partial charge in [0.25, 0.3) is 5.91 Å². The monoisotopic (exact) mass is 305 g/mol. The molecular formula is C10H12BrNO3S. The van der Waals surface area contributed by atoms with Gasteiger partial charge in [0.15, 0.2) is 0 Å². The fourth-order valence-electron chi connectivity index (χ4n) is 1.08. The van der Waals surface area contributed by atoms with E-state index in [0.29, 0.717) is 4.88 Å². The first-order valence-corrected chi connectivity index (χ1v) is 6.21. The van der Waals surface area contributed by atoms with Crippen LogP contribution in [0.15, 0.2) is 9.85 Å². The Balaban J connectivity index is 2.90. The quantitative estimate of drug-likeness (QED) is 0.932. The van der Waals surface area contributed by atoms with Gasteiger partial charge in [-0.25, -0.2) is 4.79 Å². The van der Waals surface area contributed by atoms with Gasteiger partial charge in [0.05, 0.1) is 8.66 Å². The summed E-state index contributed by atoms with van der Waals surface area (Å²) in [6, 6.07) is 0.927. The molecule has 0 aliphatic heterocycles. The Bertz CT molecular complexity index is 410. The molecule has 88 valence electrons. The molecule has 0 aromatic carbocycles. The molecule has 1 atom stereocenters. The second-order valence-electron chi connectivity index (χ2n) is 3.50. The molecule has 0 radical (unpaired) electrons. The van der Waals surface area contributed by atoms with Gasteiger partial charge in [-0.1, -0.05) is 0 Å². The first-order valence-electron chi connectivity index (χ1n) is 4.60. The molecule has 1 rings (SSSR count). The van der Waals surface area contributed by atoms with E-state index < -0.39 is 12.0 Å². The number of amides is 1.